The smallest absolute Gasteiger partial charge is 0.249 e. The number of carbonyl (C=O) groups excluding carboxylic acids is 1. The zero-order chi connectivity index (χ0) is 15.1. The third-order valence-corrected chi connectivity index (χ3v) is 3.20. The first kappa shape index (κ1) is 15.2. The van der Waals surface area contributed by atoms with Crippen LogP contribution in [0, 0.1) is 0 Å². The topological polar surface area (TPSA) is 51.2 Å². The fourth-order valence-corrected chi connectivity index (χ4v) is 1.91. The zero-order valence-electron chi connectivity index (χ0n) is 12.3. The molecule has 0 saturated carbocycles. The van der Waals surface area contributed by atoms with Crippen molar-refractivity contribution in [2.45, 2.75) is 32.6 Å². The fourth-order valence-electron chi connectivity index (χ4n) is 1.91. The number of rotatable bonds is 6. The molecule has 0 aliphatic heterocycles. The van der Waals surface area contributed by atoms with Gasteiger partial charge in [0.1, 0.15) is 6.10 Å². The lowest BCUT2D eigenvalue weighted by Gasteiger charge is -2.17. The quantitative estimate of drug-likeness (QED) is 0.887. The van der Waals surface area contributed by atoms with E-state index in [1.807, 2.05) is 55.5 Å². The Labute approximate surface area is 125 Å². The number of nitrogens with one attached hydrogen (secondary N) is 1. The molecule has 2 rings (SSSR count). The maximum absolute atomic E-state index is 12.1. The molecule has 0 aliphatic rings. The monoisotopic (exact) mass is 284 g/mol. The molecule has 1 amide bonds. The summed E-state index contributed by atoms with van der Waals surface area (Å²) in [5, 5.41) is 2.91. The van der Waals surface area contributed by atoms with Crippen LogP contribution in [0.2, 0.25) is 0 Å². The zero-order valence-corrected chi connectivity index (χ0v) is 12.3. The number of amides is 1. The maximum Gasteiger partial charge on any atom is 0.249 e. The summed E-state index contributed by atoms with van der Waals surface area (Å²) in [5.41, 5.74) is 1.89. The average Bonchev–Trinajstić information content (AvgIpc) is 2.54. The summed E-state index contributed by atoms with van der Waals surface area (Å²) in [4.78, 5) is 16.3. The van der Waals surface area contributed by atoms with Crippen molar-refractivity contribution < 1.29 is 9.53 Å². The number of hydrogen-bond donors (Lipinski definition) is 1. The lowest BCUT2D eigenvalue weighted by Crippen LogP contribution is -2.36. The minimum atomic E-state index is -0.503. The van der Waals surface area contributed by atoms with Crippen molar-refractivity contribution >= 4 is 5.91 Å². The number of benzene rings is 1. The SMILES string of the molecule is CC(OCc1ccccc1)C(=O)NC(C)c1ccccn1. The van der Waals surface area contributed by atoms with Crippen LogP contribution in [0.4, 0.5) is 0 Å². The van der Waals surface area contributed by atoms with Crippen LogP contribution in [0.5, 0.6) is 0 Å². The Bertz CT molecular complexity index is 558. The molecule has 0 spiro atoms. The highest BCUT2D eigenvalue weighted by Gasteiger charge is 2.17. The number of nitrogens with zero attached hydrogens (tertiary/aromatic N) is 1. The molecule has 4 nitrogen and oxygen atoms in total. The van der Waals surface area contributed by atoms with E-state index in [0.29, 0.717) is 6.61 Å². The molecular weight excluding hydrogens is 264 g/mol. The van der Waals surface area contributed by atoms with E-state index < -0.39 is 6.10 Å². The summed E-state index contributed by atoms with van der Waals surface area (Å²) in [6.07, 6.45) is 1.21. The van der Waals surface area contributed by atoms with Crippen molar-refractivity contribution in [3.63, 3.8) is 0 Å². The van der Waals surface area contributed by atoms with Crippen LogP contribution < -0.4 is 5.32 Å². The van der Waals surface area contributed by atoms with Gasteiger partial charge >= 0.3 is 0 Å². The van der Waals surface area contributed by atoms with Crippen molar-refractivity contribution in [1.82, 2.24) is 10.3 Å². The molecule has 0 bridgehead atoms. The van der Waals surface area contributed by atoms with E-state index >= 15 is 0 Å². The molecule has 0 aliphatic carbocycles. The van der Waals surface area contributed by atoms with Gasteiger partial charge in [-0.15, -0.1) is 0 Å². The van der Waals surface area contributed by atoms with E-state index in [1.165, 1.54) is 0 Å². The number of carbonyl (C=O) groups is 1. The second kappa shape index (κ2) is 7.55. The minimum Gasteiger partial charge on any atom is -0.364 e. The lowest BCUT2D eigenvalue weighted by molar-refractivity contribution is -0.133. The van der Waals surface area contributed by atoms with Crippen LogP contribution >= 0.6 is 0 Å². The first-order valence-electron chi connectivity index (χ1n) is 7.03. The van der Waals surface area contributed by atoms with Gasteiger partial charge in [-0.1, -0.05) is 36.4 Å². The Morgan fingerprint density at radius 3 is 2.52 bits per heavy atom. The van der Waals surface area contributed by atoms with Crippen LogP contribution in [0.15, 0.2) is 54.7 Å². The number of hydrogen-bond acceptors (Lipinski definition) is 3. The molecule has 1 heterocycles. The van der Waals surface area contributed by atoms with Gasteiger partial charge in [-0.25, -0.2) is 0 Å². The predicted octanol–water partition coefficient (Wildman–Crippen LogP) is 2.86. The van der Waals surface area contributed by atoms with E-state index in [0.717, 1.165) is 11.3 Å². The van der Waals surface area contributed by atoms with Crippen LogP contribution in [0.25, 0.3) is 0 Å². The molecule has 2 aromatic rings. The third kappa shape index (κ3) is 4.68. The highest BCUT2D eigenvalue weighted by molar-refractivity contribution is 5.80. The largest absolute Gasteiger partial charge is 0.364 e. The molecule has 4 heteroatoms. The predicted molar refractivity (Wildman–Crippen MR) is 81.5 cm³/mol. The van der Waals surface area contributed by atoms with Crippen molar-refractivity contribution in [1.29, 1.82) is 0 Å². The molecule has 1 aromatic heterocycles. The molecular formula is C17H20N2O2. The summed E-state index contributed by atoms with van der Waals surface area (Å²) < 4.78 is 5.59. The Kier molecular flexibility index (Phi) is 5.46. The first-order valence-corrected chi connectivity index (χ1v) is 7.03. The van der Waals surface area contributed by atoms with Crippen molar-refractivity contribution in [3.8, 4) is 0 Å². The van der Waals surface area contributed by atoms with Crippen LogP contribution in [-0.4, -0.2) is 17.0 Å². The second-order valence-electron chi connectivity index (χ2n) is 4.92. The second-order valence-corrected chi connectivity index (χ2v) is 4.92. The van der Waals surface area contributed by atoms with Gasteiger partial charge < -0.3 is 10.1 Å². The fraction of sp³-hybridized carbons (Fsp3) is 0.294. The molecule has 1 N–H and O–H groups in total. The number of pyridine rings is 1. The van der Waals surface area contributed by atoms with Gasteiger partial charge in [0.05, 0.1) is 18.3 Å². The van der Waals surface area contributed by atoms with E-state index in [1.54, 1.807) is 13.1 Å². The lowest BCUT2D eigenvalue weighted by atomic mass is 10.2. The summed E-state index contributed by atoms with van der Waals surface area (Å²) in [6.45, 7) is 4.08. The molecule has 110 valence electrons. The van der Waals surface area contributed by atoms with E-state index in [-0.39, 0.29) is 11.9 Å². The molecule has 0 radical (unpaired) electrons. The van der Waals surface area contributed by atoms with Crippen molar-refractivity contribution in [2.24, 2.45) is 0 Å². The van der Waals surface area contributed by atoms with Crippen LogP contribution in [-0.2, 0) is 16.1 Å². The summed E-state index contributed by atoms with van der Waals surface area (Å²) >= 11 is 0. The summed E-state index contributed by atoms with van der Waals surface area (Å²) in [6, 6.07) is 15.3. The van der Waals surface area contributed by atoms with E-state index in [2.05, 4.69) is 10.3 Å². The van der Waals surface area contributed by atoms with Gasteiger partial charge in [0, 0.05) is 6.20 Å². The molecule has 0 fully saturated rings. The van der Waals surface area contributed by atoms with Crippen molar-refractivity contribution in [3.05, 3.63) is 66.0 Å². The van der Waals surface area contributed by atoms with Gasteiger partial charge in [-0.05, 0) is 31.5 Å². The third-order valence-electron chi connectivity index (χ3n) is 3.20. The Morgan fingerprint density at radius 2 is 1.86 bits per heavy atom. The minimum absolute atomic E-state index is 0.135. The Balaban J connectivity index is 1.82. The summed E-state index contributed by atoms with van der Waals surface area (Å²) in [7, 11) is 0. The van der Waals surface area contributed by atoms with Gasteiger partial charge in [0.25, 0.3) is 0 Å². The van der Waals surface area contributed by atoms with Gasteiger partial charge in [0.15, 0.2) is 0 Å². The highest BCUT2D eigenvalue weighted by Crippen LogP contribution is 2.09. The number of aromatic nitrogens is 1. The molecule has 2 atom stereocenters. The Hall–Kier alpha value is -2.20. The summed E-state index contributed by atoms with van der Waals surface area (Å²) in [5.74, 6) is -0.135. The van der Waals surface area contributed by atoms with E-state index in [4.69, 9.17) is 4.74 Å². The normalized spacial score (nSPS) is 13.4. The molecule has 21 heavy (non-hydrogen) atoms. The maximum atomic E-state index is 12.1. The molecule has 2 unspecified atom stereocenters. The standard InChI is InChI=1S/C17H20N2O2/c1-13(16-10-6-7-11-18-16)19-17(20)14(2)21-12-15-8-4-3-5-9-15/h3-11,13-14H,12H2,1-2H3,(H,19,20). The Morgan fingerprint density at radius 1 is 1.14 bits per heavy atom. The van der Waals surface area contributed by atoms with E-state index in [9.17, 15) is 4.79 Å². The van der Waals surface area contributed by atoms with Gasteiger partial charge in [-0.3, -0.25) is 9.78 Å². The number of ether oxygens (including phenoxy) is 1. The van der Waals surface area contributed by atoms with Gasteiger partial charge in [0.2, 0.25) is 5.91 Å². The first-order chi connectivity index (χ1) is 10.2. The van der Waals surface area contributed by atoms with Gasteiger partial charge in [-0.2, -0.15) is 0 Å². The average molecular weight is 284 g/mol. The van der Waals surface area contributed by atoms with Crippen molar-refractivity contribution in [2.75, 3.05) is 0 Å². The highest BCUT2D eigenvalue weighted by atomic mass is 16.5. The molecule has 1 aromatic carbocycles. The van der Waals surface area contributed by atoms with Crippen LogP contribution in [0.1, 0.15) is 31.1 Å². The van der Waals surface area contributed by atoms with Crippen LogP contribution in [0.3, 0.4) is 0 Å². The molecule has 0 saturated heterocycles.